The molecule has 0 saturated heterocycles. The zero-order valence-electron chi connectivity index (χ0n) is 11.1. The predicted molar refractivity (Wildman–Crippen MR) is 71.7 cm³/mol. The van der Waals surface area contributed by atoms with Crippen molar-refractivity contribution >= 4 is 15.9 Å². The van der Waals surface area contributed by atoms with Crippen molar-refractivity contribution in [3.63, 3.8) is 0 Å². The van der Waals surface area contributed by atoms with E-state index in [-0.39, 0.29) is 10.8 Å². The van der Waals surface area contributed by atoms with Crippen LogP contribution in [-0.2, 0) is 28.0 Å². The lowest BCUT2D eigenvalue weighted by atomic mass is 10.1. The molecule has 1 N–H and O–H groups in total. The normalized spacial score (nSPS) is 14.3. The Balaban J connectivity index is 1.94. The second-order valence-electron chi connectivity index (χ2n) is 4.75. The second-order valence-corrected chi connectivity index (χ2v) is 6.43. The zero-order valence-corrected chi connectivity index (χ0v) is 12.0. The average Bonchev–Trinajstić information content (AvgIpc) is 2.99. The minimum absolute atomic E-state index is 0.152. The molecular weight excluding hydrogens is 280 g/mol. The molecule has 20 heavy (non-hydrogen) atoms. The largest absolute Gasteiger partial charge is 0.372 e. The number of aryl methyl sites for hydroxylation is 1. The standard InChI is InChI=1S/C13H14N2O4S/c1-8-9(2)14-19-13(8)15-20(16,17)12-4-3-10-6-18-7-11(10)5-12/h3-5,15H,6-7H2,1-2H3. The van der Waals surface area contributed by atoms with Crippen molar-refractivity contribution in [2.45, 2.75) is 32.0 Å². The molecule has 2 aromatic rings. The topological polar surface area (TPSA) is 81.4 Å². The maximum absolute atomic E-state index is 12.3. The van der Waals surface area contributed by atoms with Crippen molar-refractivity contribution in [2.75, 3.05) is 4.72 Å². The Bertz CT molecular complexity index is 765. The summed E-state index contributed by atoms with van der Waals surface area (Å²) in [6.07, 6.45) is 0. The quantitative estimate of drug-likeness (QED) is 0.937. The zero-order chi connectivity index (χ0) is 14.3. The van der Waals surface area contributed by atoms with Crippen LogP contribution in [0.5, 0.6) is 0 Å². The Labute approximate surface area is 116 Å². The molecule has 106 valence electrons. The molecule has 0 aliphatic carbocycles. The highest BCUT2D eigenvalue weighted by molar-refractivity contribution is 7.92. The molecule has 6 nitrogen and oxygen atoms in total. The highest BCUT2D eigenvalue weighted by atomic mass is 32.2. The first-order valence-corrected chi connectivity index (χ1v) is 7.61. The van der Waals surface area contributed by atoms with Gasteiger partial charge in [0, 0.05) is 5.56 Å². The molecule has 1 aliphatic rings. The van der Waals surface area contributed by atoms with E-state index in [1.807, 2.05) is 0 Å². The number of aromatic nitrogens is 1. The van der Waals surface area contributed by atoms with E-state index in [0.29, 0.717) is 24.5 Å². The molecule has 0 bridgehead atoms. The summed E-state index contributed by atoms with van der Waals surface area (Å²) in [4.78, 5) is 0.190. The van der Waals surface area contributed by atoms with Crippen LogP contribution in [0.1, 0.15) is 22.4 Å². The summed E-state index contributed by atoms with van der Waals surface area (Å²) in [7, 11) is -3.68. The van der Waals surface area contributed by atoms with Gasteiger partial charge in [0.2, 0.25) is 5.88 Å². The highest BCUT2D eigenvalue weighted by Gasteiger charge is 2.21. The molecule has 1 aromatic heterocycles. The second kappa shape index (κ2) is 4.60. The first-order valence-electron chi connectivity index (χ1n) is 6.12. The van der Waals surface area contributed by atoms with Gasteiger partial charge in [-0.2, -0.15) is 0 Å². The van der Waals surface area contributed by atoms with Gasteiger partial charge in [-0.25, -0.2) is 13.1 Å². The lowest BCUT2D eigenvalue weighted by Gasteiger charge is -2.07. The van der Waals surface area contributed by atoms with Crippen LogP contribution in [0.3, 0.4) is 0 Å². The summed E-state index contributed by atoms with van der Waals surface area (Å²) in [6, 6.07) is 4.97. The van der Waals surface area contributed by atoms with Crippen molar-refractivity contribution in [1.29, 1.82) is 0 Å². The van der Waals surface area contributed by atoms with Gasteiger partial charge < -0.3 is 9.26 Å². The SMILES string of the molecule is Cc1noc(NS(=O)(=O)c2ccc3c(c2)COC3)c1C. The molecule has 2 heterocycles. The summed E-state index contributed by atoms with van der Waals surface area (Å²) >= 11 is 0. The van der Waals surface area contributed by atoms with Crippen LogP contribution >= 0.6 is 0 Å². The molecular formula is C13H14N2O4S. The Morgan fingerprint density at radius 3 is 2.65 bits per heavy atom. The van der Waals surface area contributed by atoms with Crippen LogP contribution < -0.4 is 4.72 Å². The smallest absolute Gasteiger partial charge is 0.264 e. The van der Waals surface area contributed by atoms with Gasteiger partial charge in [-0.1, -0.05) is 11.2 Å². The van der Waals surface area contributed by atoms with E-state index >= 15 is 0 Å². The van der Waals surface area contributed by atoms with Gasteiger partial charge in [-0.15, -0.1) is 0 Å². The summed E-state index contributed by atoms with van der Waals surface area (Å²) in [5.41, 5.74) is 3.26. The number of nitrogens with one attached hydrogen (secondary N) is 1. The lowest BCUT2D eigenvalue weighted by Crippen LogP contribution is -2.13. The van der Waals surface area contributed by atoms with E-state index in [4.69, 9.17) is 9.26 Å². The Morgan fingerprint density at radius 1 is 1.20 bits per heavy atom. The fourth-order valence-corrected chi connectivity index (χ4v) is 3.10. The van der Waals surface area contributed by atoms with Crippen LogP contribution in [0, 0.1) is 13.8 Å². The number of hydrogen-bond donors (Lipinski definition) is 1. The fourth-order valence-electron chi connectivity index (χ4n) is 2.01. The number of ether oxygens (including phenoxy) is 1. The van der Waals surface area contributed by atoms with E-state index in [9.17, 15) is 8.42 Å². The summed E-state index contributed by atoms with van der Waals surface area (Å²) < 4.78 is 37.3. The number of fused-ring (bicyclic) bond motifs is 1. The Kier molecular flexibility index (Phi) is 3.02. The predicted octanol–water partition coefficient (Wildman–Crippen LogP) is 2.12. The van der Waals surface area contributed by atoms with E-state index in [0.717, 1.165) is 11.1 Å². The molecule has 0 unspecified atom stereocenters. The molecule has 0 saturated carbocycles. The molecule has 1 aliphatic heterocycles. The van der Waals surface area contributed by atoms with Crippen molar-refractivity contribution in [3.05, 3.63) is 40.6 Å². The third-order valence-electron chi connectivity index (χ3n) is 3.39. The van der Waals surface area contributed by atoms with Gasteiger partial charge in [0.1, 0.15) is 0 Å². The van der Waals surface area contributed by atoms with Gasteiger partial charge >= 0.3 is 0 Å². The van der Waals surface area contributed by atoms with Crippen molar-refractivity contribution in [1.82, 2.24) is 5.16 Å². The molecule has 0 spiro atoms. The van der Waals surface area contributed by atoms with Gasteiger partial charge in [-0.05, 0) is 37.1 Å². The maximum atomic E-state index is 12.3. The van der Waals surface area contributed by atoms with E-state index < -0.39 is 10.0 Å². The number of benzene rings is 1. The molecule has 1 aromatic carbocycles. The summed E-state index contributed by atoms with van der Waals surface area (Å²) in [5, 5.41) is 3.73. The van der Waals surface area contributed by atoms with E-state index in [2.05, 4.69) is 9.88 Å². The summed E-state index contributed by atoms with van der Waals surface area (Å²) in [6.45, 7) is 4.48. The van der Waals surface area contributed by atoms with Crippen LogP contribution in [0.2, 0.25) is 0 Å². The highest BCUT2D eigenvalue weighted by Crippen LogP contribution is 2.25. The number of rotatable bonds is 3. The number of nitrogens with zero attached hydrogens (tertiary/aromatic N) is 1. The maximum Gasteiger partial charge on any atom is 0.264 e. The molecule has 0 atom stereocenters. The Morgan fingerprint density at radius 2 is 1.95 bits per heavy atom. The first kappa shape index (κ1) is 13.1. The van der Waals surface area contributed by atoms with Gasteiger partial charge in [0.05, 0.1) is 23.8 Å². The van der Waals surface area contributed by atoms with Gasteiger partial charge in [0.25, 0.3) is 10.0 Å². The summed E-state index contributed by atoms with van der Waals surface area (Å²) in [5.74, 6) is 0.152. The lowest BCUT2D eigenvalue weighted by molar-refractivity contribution is 0.134. The van der Waals surface area contributed by atoms with Gasteiger partial charge in [-0.3, -0.25) is 0 Å². The van der Waals surface area contributed by atoms with Crippen LogP contribution in [-0.4, -0.2) is 13.6 Å². The third kappa shape index (κ3) is 2.19. The third-order valence-corrected chi connectivity index (χ3v) is 4.72. The van der Waals surface area contributed by atoms with Gasteiger partial charge in [0.15, 0.2) is 0 Å². The van der Waals surface area contributed by atoms with Crippen LogP contribution in [0.25, 0.3) is 0 Å². The minimum atomic E-state index is -3.68. The molecule has 0 fully saturated rings. The van der Waals surface area contributed by atoms with Crippen LogP contribution in [0.15, 0.2) is 27.6 Å². The van der Waals surface area contributed by atoms with Crippen molar-refractivity contribution in [3.8, 4) is 0 Å². The number of hydrogen-bond acceptors (Lipinski definition) is 5. The minimum Gasteiger partial charge on any atom is -0.372 e. The number of sulfonamides is 1. The molecule has 7 heteroatoms. The van der Waals surface area contributed by atoms with E-state index in [1.165, 1.54) is 0 Å². The van der Waals surface area contributed by atoms with Crippen molar-refractivity contribution in [2.24, 2.45) is 0 Å². The monoisotopic (exact) mass is 294 g/mol. The fraction of sp³-hybridized carbons (Fsp3) is 0.308. The molecule has 0 radical (unpaired) electrons. The van der Waals surface area contributed by atoms with E-state index in [1.54, 1.807) is 32.0 Å². The Hall–Kier alpha value is -1.86. The van der Waals surface area contributed by atoms with Crippen molar-refractivity contribution < 1.29 is 17.7 Å². The average molecular weight is 294 g/mol. The first-order chi connectivity index (χ1) is 9.47. The van der Waals surface area contributed by atoms with Crippen LogP contribution in [0.4, 0.5) is 5.88 Å². The molecule has 0 amide bonds. The number of anilines is 1. The molecule has 3 rings (SSSR count).